The largest absolute Gasteiger partial charge is 0.319 e. The fourth-order valence-corrected chi connectivity index (χ4v) is 2.37. The van der Waals surface area contributed by atoms with Gasteiger partial charge in [-0.2, -0.15) is 0 Å². The molecule has 1 N–H and O–H groups in total. The molecular weight excluding hydrogens is 230 g/mol. The topological polar surface area (TPSA) is 12.0 Å². The van der Waals surface area contributed by atoms with Crippen LogP contribution < -0.4 is 5.32 Å². The zero-order chi connectivity index (χ0) is 13.1. The van der Waals surface area contributed by atoms with Gasteiger partial charge in [-0.25, -0.2) is 0 Å². The molecule has 2 heteroatoms. The van der Waals surface area contributed by atoms with Crippen LogP contribution in [-0.2, 0) is 6.42 Å². The van der Waals surface area contributed by atoms with Gasteiger partial charge in [0.2, 0.25) is 0 Å². The van der Waals surface area contributed by atoms with Gasteiger partial charge in [0.1, 0.15) is 0 Å². The first-order valence-corrected chi connectivity index (χ1v) is 6.64. The molecule has 96 valence electrons. The van der Waals surface area contributed by atoms with E-state index in [1.54, 1.807) is 0 Å². The highest BCUT2D eigenvalue weighted by Crippen LogP contribution is 2.26. The second-order valence-electron chi connectivity index (χ2n) is 5.72. The average Bonchev–Trinajstić information content (AvgIpc) is 2.21. The second-order valence-corrected chi connectivity index (χ2v) is 6.13. The minimum absolute atomic E-state index is 0.342. The predicted molar refractivity (Wildman–Crippen MR) is 77.0 cm³/mol. The predicted octanol–water partition coefficient (Wildman–Crippen LogP) is 4.14. The van der Waals surface area contributed by atoms with E-state index in [4.69, 9.17) is 11.6 Å². The summed E-state index contributed by atoms with van der Waals surface area (Å²) in [7, 11) is 2.01. The lowest BCUT2D eigenvalue weighted by molar-refractivity contribution is 0.324. The molecule has 0 atom stereocenters. The maximum absolute atomic E-state index is 6.12. The minimum atomic E-state index is 0.342. The molecule has 0 aliphatic rings. The first-order valence-electron chi connectivity index (χ1n) is 6.26. The minimum Gasteiger partial charge on any atom is -0.319 e. The van der Waals surface area contributed by atoms with Crippen LogP contribution in [0.5, 0.6) is 0 Å². The molecule has 17 heavy (non-hydrogen) atoms. The third kappa shape index (κ3) is 4.33. The van der Waals surface area contributed by atoms with E-state index in [-0.39, 0.29) is 0 Å². The number of hydrogen-bond donors (Lipinski definition) is 1. The molecule has 1 rings (SSSR count). The lowest BCUT2D eigenvalue weighted by Gasteiger charge is -2.24. The molecule has 0 spiro atoms. The van der Waals surface area contributed by atoms with Gasteiger partial charge in [0.15, 0.2) is 0 Å². The monoisotopic (exact) mass is 253 g/mol. The third-order valence-corrected chi connectivity index (χ3v) is 3.75. The summed E-state index contributed by atoms with van der Waals surface area (Å²) in [6.45, 7) is 9.89. The number of aryl methyl sites for hydroxylation is 3. The smallest absolute Gasteiger partial charge is 0.0438 e. The van der Waals surface area contributed by atoms with Gasteiger partial charge in [0.05, 0.1) is 0 Å². The number of nitrogens with one attached hydrogen (secondary N) is 1. The molecule has 1 aromatic rings. The lowest BCUT2D eigenvalue weighted by atomic mass is 9.85. The van der Waals surface area contributed by atoms with Crippen LogP contribution in [-0.4, -0.2) is 13.6 Å². The Hall–Kier alpha value is -0.530. The van der Waals surface area contributed by atoms with Crippen molar-refractivity contribution in [2.45, 2.75) is 40.5 Å². The summed E-state index contributed by atoms with van der Waals surface area (Å²) in [5.74, 6) is 0. The number of halogens is 1. The van der Waals surface area contributed by atoms with E-state index >= 15 is 0 Å². The summed E-state index contributed by atoms with van der Waals surface area (Å²) < 4.78 is 0. The van der Waals surface area contributed by atoms with E-state index in [0.717, 1.165) is 18.0 Å². The number of benzene rings is 1. The summed E-state index contributed by atoms with van der Waals surface area (Å²) in [6, 6.07) is 4.31. The number of hydrogen-bond acceptors (Lipinski definition) is 1. The summed E-state index contributed by atoms with van der Waals surface area (Å²) in [5.41, 5.74) is 4.25. The van der Waals surface area contributed by atoms with Crippen molar-refractivity contribution in [3.8, 4) is 0 Å². The van der Waals surface area contributed by atoms with Crippen LogP contribution in [0.1, 0.15) is 37.0 Å². The average molecular weight is 254 g/mol. The van der Waals surface area contributed by atoms with Crippen molar-refractivity contribution in [2.75, 3.05) is 13.6 Å². The molecule has 0 radical (unpaired) electrons. The van der Waals surface area contributed by atoms with Crippen molar-refractivity contribution >= 4 is 11.6 Å². The van der Waals surface area contributed by atoms with E-state index in [1.165, 1.54) is 23.1 Å². The number of rotatable bonds is 5. The summed E-state index contributed by atoms with van der Waals surface area (Å²) in [5, 5.41) is 4.13. The Bertz CT molecular complexity index is 383. The van der Waals surface area contributed by atoms with Gasteiger partial charge in [-0.3, -0.25) is 0 Å². The van der Waals surface area contributed by atoms with Gasteiger partial charge >= 0.3 is 0 Å². The van der Waals surface area contributed by atoms with E-state index in [9.17, 15) is 0 Å². The van der Waals surface area contributed by atoms with Crippen LogP contribution in [0.15, 0.2) is 12.1 Å². The third-order valence-electron chi connectivity index (χ3n) is 3.34. The van der Waals surface area contributed by atoms with Crippen molar-refractivity contribution in [3.63, 3.8) is 0 Å². The van der Waals surface area contributed by atoms with Crippen LogP contribution in [0.2, 0.25) is 5.02 Å². The van der Waals surface area contributed by atoms with E-state index < -0.39 is 0 Å². The van der Waals surface area contributed by atoms with Gasteiger partial charge in [0.25, 0.3) is 0 Å². The van der Waals surface area contributed by atoms with Crippen molar-refractivity contribution in [2.24, 2.45) is 5.41 Å². The maximum atomic E-state index is 6.12. The first-order chi connectivity index (χ1) is 7.85. The van der Waals surface area contributed by atoms with Crippen molar-refractivity contribution in [1.82, 2.24) is 5.32 Å². The van der Waals surface area contributed by atoms with Gasteiger partial charge in [0, 0.05) is 5.02 Å². The van der Waals surface area contributed by atoms with Crippen LogP contribution in [0.25, 0.3) is 0 Å². The molecule has 0 heterocycles. The Morgan fingerprint density at radius 2 is 1.82 bits per heavy atom. The van der Waals surface area contributed by atoms with Gasteiger partial charge in [-0.1, -0.05) is 31.5 Å². The molecule has 0 saturated heterocycles. The fourth-order valence-electron chi connectivity index (χ4n) is 2.15. The molecule has 0 fully saturated rings. The second kappa shape index (κ2) is 5.88. The molecule has 0 amide bonds. The fraction of sp³-hybridized carbons (Fsp3) is 0.600. The summed E-state index contributed by atoms with van der Waals surface area (Å²) >= 11 is 6.12. The summed E-state index contributed by atoms with van der Waals surface area (Å²) in [4.78, 5) is 0. The van der Waals surface area contributed by atoms with Crippen LogP contribution >= 0.6 is 11.6 Å². The summed E-state index contributed by atoms with van der Waals surface area (Å²) in [6.07, 6.45) is 2.31. The Kier molecular flexibility index (Phi) is 5.03. The zero-order valence-electron chi connectivity index (χ0n) is 11.7. The van der Waals surface area contributed by atoms with Crippen molar-refractivity contribution in [3.05, 3.63) is 33.8 Å². The van der Waals surface area contributed by atoms with E-state index in [1.807, 2.05) is 7.05 Å². The van der Waals surface area contributed by atoms with Gasteiger partial charge < -0.3 is 5.32 Å². The SMILES string of the molecule is CNCC(C)(C)CCc1cc(C)c(Cl)cc1C. The van der Waals surface area contributed by atoms with Crippen LogP contribution in [0.4, 0.5) is 0 Å². The maximum Gasteiger partial charge on any atom is 0.0438 e. The molecule has 0 bridgehead atoms. The highest BCUT2D eigenvalue weighted by molar-refractivity contribution is 6.31. The standard InChI is InChI=1S/C15H24ClN/c1-11-9-14(16)12(2)8-13(11)6-7-15(3,4)10-17-5/h8-9,17H,6-7,10H2,1-5H3. The highest BCUT2D eigenvalue weighted by atomic mass is 35.5. The molecule has 0 unspecified atom stereocenters. The van der Waals surface area contributed by atoms with Crippen LogP contribution in [0.3, 0.4) is 0 Å². The molecule has 1 nitrogen and oxygen atoms in total. The Balaban J connectivity index is 2.73. The normalized spacial score (nSPS) is 11.9. The first kappa shape index (κ1) is 14.5. The molecule has 1 aromatic carbocycles. The molecular formula is C15H24ClN. The Morgan fingerprint density at radius 3 is 2.41 bits per heavy atom. The van der Waals surface area contributed by atoms with Crippen molar-refractivity contribution < 1.29 is 0 Å². The Morgan fingerprint density at radius 1 is 1.18 bits per heavy atom. The van der Waals surface area contributed by atoms with Gasteiger partial charge in [-0.15, -0.1) is 0 Å². The zero-order valence-corrected chi connectivity index (χ0v) is 12.4. The quantitative estimate of drug-likeness (QED) is 0.832. The molecule has 0 saturated carbocycles. The van der Waals surface area contributed by atoms with E-state index in [0.29, 0.717) is 5.41 Å². The van der Waals surface area contributed by atoms with Gasteiger partial charge in [-0.05, 0) is 68.5 Å². The van der Waals surface area contributed by atoms with Crippen LogP contribution in [0, 0.1) is 19.3 Å². The molecule has 0 aliphatic heterocycles. The van der Waals surface area contributed by atoms with E-state index in [2.05, 4.69) is 45.1 Å². The van der Waals surface area contributed by atoms with Crippen molar-refractivity contribution in [1.29, 1.82) is 0 Å². The lowest BCUT2D eigenvalue weighted by Crippen LogP contribution is -2.27. The Labute approximate surface area is 111 Å². The molecule has 0 aromatic heterocycles. The highest BCUT2D eigenvalue weighted by Gasteiger charge is 2.17. The molecule has 0 aliphatic carbocycles.